The predicted octanol–water partition coefficient (Wildman–Crippen LogP) is -0.614. The van der Waals surface area contributed by atoms with Crippen molar-refractivity contribution in [3.05, 3.63) is 0 Å². The molecule has 1 N–H and O–H groups in total. The van der Waals surface area contributed by atoms with Crippen molar-refractivity contribution in [2.45, 2.75) is 19.4 Å². The molecule has 0 bridgehead atoms. The summed E-state index contributed by atoms with van der Waals surface area (Å²) in [5, 5.41) is 2.58. The Balaban J connectivity index is 2.37. The Labute approximate surface area is 101 Å². The highest BCUT2D eigenvalue weighted by atomic mass is 16.5. The first-order valence-electron chi connectivity index (χ1n) is 5.84. The first-order valence-corrected chi connectivity index (χ1v) is 5.84. The van der Waals surface area contributed by atoms with Gasteiger partial charge in [0.15, 0.2) is 0 Å². The first-order chi connectivity index (χ1) is 8.20. The minimum absolute atomic E-state index is 0.0493. The molecule has 17 heavy (non-hydrogen) atoms. The van der Waals surface area contributed by atoms with E-state index in [1.54, 1.807) is 12.0 Å². The quantitative estimate of drug-likeness (QED) is 0.606. The van der Waals surface area contributed by atoms with E-state index in [-0.39, 0.29) is 24.4 Å². The zero-order chi connectivity index (χ0) is 12.7. The summed E-state index contributed by atoms with van der Waals surface area (Å²) in [4.78, 5) is 24.8. The fourth-order valence-electron chi connectivity index (χ4n) is 1.79. The molecular weight excluding hydrogens is 224 g/mol. The number of rotatable bonds is 7. The summed E-state index contributed by atoms with van der Waals surface area (Å²) in [5.41, 5.74) is 0. The van der Waals surface area contributed by atoms with E-state index in [0.29, 0.717) is 32.8 Å². The van der Waals surface area contributed by atoms with Crippen molar-refractivity contribution >= 4 is 11.8 Å². The van der Waals surface area contributed by atoms with Gasteiger partial charge in [-0.05, 0) is 6.42 Å². The van der Waals surface area contributed by atoms with E-state index in [2.05, 4.69) is 5.32 Å². The zero-order valence-corrected chi connectivity index (χ0v) is 10.4. The van der Waals surface area contributed by atoms with Crippen LogP contribution in [0.5, 0.6) is 0 Å². The van der Waals surface area contributed by atoms with Crippen LogP contribution in [-0.4, -0.2) is 62.8 Å². The van der Waals surface area contributed by atoms with Gasteiger partial charge < -0.3 is 19.7 Å². The number of piperazine rings is 1. The number of hydrogen-bond acceptors (Lipinski definition) is 4. The monoisotopic (exact) mass is 244 g/mol. The predicted molar refractivity (Wildman–Crippen MR) is 61.5 cm³/mol. The normalized spacial score (nSPS) is 20.6. The maximum Gasteiger partial charge on any atom is 0.243 e. The number of carbonyl (C=O) groups is 2. The SMILES string of the molecule is CCC1C(=O)NCC(=O)N1CCOCCOC. The Morgan fingerprint density at radius 2 is 2.12 bits per heavy atom. The molecule has 0 aromatic carbocycles. The molecular formula is C11H20N2O4. The van der Waals surface area contributed by atoms with Gasteiger partial charge in [-0.15, -0.1) is 0 Å². The van der Waals surface area contributed by atoms with Crippen molar-refractivity contribution in [2.75, 3.05) is 40.0 Å². The molecule has 0 aliphatic carbocycles. The highest BCUT2D eigenvalue weighted by Crippen LogP contribution is 2.08. The smallest absolute Gasteiger partial charge is 0.243 e. The molecule has 1 rings (SSSR count). The molecule has 6 heteroatoms. The van der Waals surface area contributed by atoms with E-state index in [9.17, 15) is 9.59 Å². The lowest BCUT2D eigenvalue weighted by Crippen LogP contribution is -2.58. The summed E-state index contributed by atoms with van der Waals surface area (Å²) in [5.74, 6) is -0.129. The molecule has 1 atom stereocenters. The average Bonchev–Trinajstić information content (AvgIpc) is 2.33. The summed E-state index contributed by atoms with van der Waals surface area (Å²) in [6.07, 6.45) is 0.621. The summed E-state index contributed by atoms with van der Waals surface area (Å²) in [7, 11) is 1.61. The molecule has 2 amide bonds. The van der Waals surface area contributed by atoms with Crippen LogP contribution < -0.4 is 5.32 Å². The van der Waals surface area contributed by atoms with Crippen LogP contribution in [0, 0.1) is 0 Å². The number of hydrogen-bond donors (Lipinski definition) is 1. The summed E-state index contributed by atoms with van der Waals surface area (Å²) in [6, 6.07) is -0.359. The lowest BCUT2D eigenvalue weighted by molar-refractivity contribution is -0.146. The number of nitrogens with one attached hydrogen (secondary N) is 1. The van der Waals surface area contributed by atoms with E-state index < -0.39 is 0 Å². The highest BCUT2D eigenvalue weighted by molar-refractivity contribution is 5.94. The van der Waals surface area contributed by atoms with Gasteiger partial charge in [0.2, 0.25) is 11.8 Å². The molecule has 1 unspecified atom stereocenters. The lowest BCUT2D eigenvalue weighted by atomic mass is 10.1. The maximum absolute atomic E-state index is 11.7. The molecule has 0 saturated carbocycles. The van der Waals surface area contributed by atoms with Crippen molar-refractivity contribution < 1.29 is 19.1 Å². The van der Waals surface area contributed by atoms with Gasteiger partial charge in [-0.25, -0.2) is 0 Å². The Morgan fingerprint density at radius 1 is 1.35 bits per heavy atom. The number of methoxy groups -OCH3 is 1. The fourth-order valence-corrected chi connectivity index (χ4v) is 1.79. The lowest BCUT2D eigenvalue weighted by Gasteiger charge is -2.34. The van der Waals surface area contributed by atoms with Gasteiger partial charge in [0, 0.05) is 13.7 Å². The third-order valence-electron chi connectivity index (χ3n) is 2.71. The highest BCUT2D eigenvalue weighted by Gasteiger charge is 2.32. The second-order valence-electron chi connectivity index (χ2n) is 3.83. The Bertz CT molecular complexity index is 270. The Hall–Kier alpha value is -1.14. The molecule has 1 aliphatic heterocycles. The Morgan fingerprint density at radius 3 is 2.76 bits per heavy atom. The minimum Gasteiger partial charge on any atom is -0.382 e. The van der Waals surface area contributed by atoms with Crippen LogP contribution in [0.25, 0.3) is 0 Å². The third kappa shape index (κ3) is 3.98. The van der Waals surface area contributed by atoms with E-state index in [1.807, 2.05) is 6.92 Å². The van der Waals surface area contributed by atoms with Crippen LogP contribution in [0.1, 0.15) is 13.3 Å². The topological polar surface area (TPSA) is 67.9 Å². The molecule has 0 aromatic rings. The van der Waals surface area contributed by atoms with Crippen LogP contribution in [0.3, 0.4) is 0 Å². The maximum atomic E-state index is 11.7. The van der Waals surface area contributed by atoms with Gasteiger partial charge in [-0.3, -0.25) is 9.59 Å². The molecule has 98 valence electrons. The first kappa shape index (κ1) is 13.9. The van der Waals surface area contributed by atoms with Crippen LogP contribution in [0.2, 0.25) is 0 Å². The number of amides is 2. The van der Waals surface area contributed by atoms with Crippen molar-refractivity contribution in [2.24, 2.45) is 0 Å². The zero-order valence-electron chi connectivity index (χ0n) is 10.4. The van der Waals surface area contributed by atoms with Gasteiger partial charge in [0.25, 0.3) is 0 Å². The summed E-state index contributed by atoms with van der Waals surface area (Å²) >= 11 is 0. The van der Waals surface area contributed by atoms with E-state index in [0.717, 1.165) is 0 Å². The van der Waals surface area contributed by atoms with Crippen LogP contribution >= 0.6 is 0 Å². The van der Waals surface area contributed by atoms with Gasteiger partial charge >= 0.3 is 0 Å². The standard InChI is InChI=1S/C11H20N2O4/c1-3-9-11(15)12-8-10(14)13(9)4-5-17-7-6-16-2/h9H,3-8H2,1-2H3,(H,12,15). The van der Waals surface area contributed by atoms with Crippen LogP contribution in [0.4, 0.5) is 0 Å². The molecule has 0 radical (unpaired) electrons. The number of carbonyl (C=O) groups excluding carboxylic acids is 2. The molecule has 1 heterocycles. The molecule has 1 aliphatic rings. The van der Waals surface area contributed by atoms with Crippen molar-refractivity contribution in [3.63, 3.8) is 0 Å². The van der Waals surface area contributed by atoms with Gasteiger partial charge in [-0.2, -0.15) is 0 Å². The molecule has 6 nitrogen and oxygen atoms in total. The minimum atomic E-state index is -0.359. The second-order valence-corrected chi connectivity index (χ2v) is 3.83. The molecule has 0 spiro atoms. The van der Waals surface area contributed by atoms with Gasteiger partial charge in [-0.1, -0.05) is 6.92 Å². The fraction of sp³-hybridized carbons (Fsp3) is 0.818. The van der Waals surface area contributed by atoms with Gasteiger partial charge in [0.1, 0.15) is 6.04 Å². The molecule has 1 saturated heterocycles. The average molecular weight is 244 g/mol. The third-order valence-corrected chi connectivity index (χ3v) is 2.71. The second kappa shape index (κ2) is 7.24. The van der Waals surface area contributed by atoms with Crippen molar-refractivity contribution in [1.82, 2.24) is 10.2 Å². The largest absolute Gasteiger partial charge is 0.382 e. The Kier molecular flexibility index (Phi) is 5.93. The number of ether oxygens (including phenoxy) is 2. The van der Waals surface area contributed by atoms with E-state index >= 15 is 0 Å². The van der Waals surface area contributed by atoms with Crippen LogP contribution in [-0.2, 0) is 19.1 Å². The van der Waals surface area contributed by atoms with Crippen molar-refractivity contribution in [1.29, 1.82) is 0 Å². The molecule has 0 aromatic heterocycles. The summed E-state index contributed by atoms with van der Waals surface area (Å²) < 4.78 is 10.1. The molecule has 1 fully saturated rings. The number of nitrogens with zero attached hydrogens (tertiary/aromatic N) is 1. The van der Waals surface area contributed by atoms with Crippen LogP contribution in [0.15, 0.2) is 0 Å². The summed E-state index contributed by atoms with van der Waals surface area (Å²) in [6.45, 7) is 3.90. The van der Waals surface area contributed by atoms with E-state index in [4.69, 9.17) is 9.47 Å². The van der Waals surface area contributed by atoms with E-state index in [1.165, 1.54) is 0 Å². The van der Waals surface area contributed by atoms with Crippen molar-refractivity contribution in [3.8, 4) is 0 Å². The van der Waals surface area contributed by atoms with Gasteiger partial charge in [0.05, 0.1) is 26.4 Å².